The van der Waals surface area contributed by atoms with Gasteiger partial charge >= 0.3 is 0 Å². The molecule has 5 N–H and O–H groups in total. The molecule has 2 atom stereocenters. The van der Waals surface area contributed by atoms with Gasteiger partial charge in [-0.3, -0.25) is 9.78 Å². The molecule has 0 spiro atoms. The number of rotatable bonds is 5. The molecule has 110 valence electrons. The number of aromatic nitrogens is 1. The van der Waals surface area contributed by atoms with Crippen LogP contribution in [0.2, 0.25) is 0 Å². The van der Waals surface area contributed by atoms with Crippen LogP contribution in [0.15, 0.2) is 18.3 Å². The molecule has 0 radical (unpaired) electrons. The first-order chi connectivity index (χ1) is 8.10. The van der Waals surface area contributed by atoms with Crippen LogP contribution >= 0.6 is 24.8 Å². The lowest BCUT2D eigenvalue weighted by atomic mass is 9.99. The minimum absolute atomic E-state index is 0. The zero-order valence-corrected chi connectivity index (χ0v) is 12.8. The van der Waals surface area contributed by atoms with Crippen molar-refractivity contribution in [3.63, 3.8) is 0 Å². The van der Waals surface area contributed by atoms with Crippen LogP contribution in [-0.4, -0.2) is 16.9 Å². The van der Waals surface area contributed by atoms with Crippen LogP contribution < -0.4 is 16.8 Å². The van der Waals surface area contributed by atoms with Gasteiger partial charge in [-0.25, -0.2) is 0 Å². The molecule has 0 aliphatic carbocycles. The summed E-state index contributed by atoms with van der Waals surface area (Å²) in [4.78, 5) is 16.0. The summed E-state index contributed by atoms with van der Waals surface area (Å²) >= 11 is 0. The second-order valence-corrected chi connectivity index (χ2v) is 4.10. The quantitative estimate of drug-likeness (QED) is 0.771. The van der Waals surface area contributed by atoms with Gasteiger partial charge in [0.05, 0.1) is 17.4 Å². The predicted molar refractivity (Wildman–Crippen MR) is 82.7 cm³/mol. The highest BCUT2D eigenvalue weighted by Crippen LogP contribution is 2.13. The molecular weight excluding hydrogens is 287 g/mol. The molecule has 0 bridgehead atoms. The molecule has 0 aromatic carbocycles. The Bertz CT molecular complexity index is 390. The minimum atomic E-state index is -0.508. The zero-order chi connectivity index (χ0) is 12.8. The van der Waals surface area contributed by atoms with E-state index in [0.29, 0.717) is 11.4 Å². The molecule has 0 saturated carbocycles. The van der Waals surface area contributed by atoms with Crippen LogP contribution in [0.4, 0.5) is 5.69 Å². The van der Waals surface area contributed by atoms with Gasteiger partial charge in [0.25, 0.3) is 0 Å². The molecule has 0 aliphatic rings. The molecular formula is C12H22Cl2N4O. The fourth-order valence-corrected chi connectivity index (χ4v) is 1.44. The number of nitrogens with one attached hydrogen (secondary N) is 1. The molecule has 0 unspecified atom stereocenters. The SMILES string of the molecule is CC[C@H](C)[C@H](N)C(=O)Nc1cccnc1CN.Cl.Cl. The van der Waals surface area contributed by atoms with Crippen LogP contribution in [0, 0.1) is 5.92 Å². The standard InChI is InChI=1S/C12H20N4O.2ClH/c1-3-8(2)11(14)12(17)16-9-5-4-6-15-10(9)7-13;;/h4-6,8,11H,3,7,13-14H2,1-2H3,(H,16,17);2*1H/t8-,11-;;/m0../s1. The molecule has 7 heteroatoms. The van der Waals surface area contributed by atoms with E-state index in [-0.39, 0.29) is 43.2 Å². The third kappa shape index (κ3) is 5.74. The van der Waals surface area contributed by atoms with Crippen molar-refractivity contribution in [3.05, 3.63) is 24.0 Å². The molecule has 0 aliphatic heterocycles. The Hall–Kier alpha value is -0.880. The van der Waals surface area contributed by atoms with Crippen molar-refractivity contribution in [1.29, 1.82) is 0 Å². The van der Waals surface area contributed by atoms with Gasteiger partial charge in [-0.05, 0) is 18.1 Å². The summed E-state index contributed by atoms with van der Waals surface area (Å²) in [5.74, 6) is -0.0463. The maximum Gasteiger partial charge on any atom is 0.241 e. The molecule has 5 nitrogen and oxygen atoms in total. The van der Waals surface area contributed by atoms with Crippen molar-refractivity contribution >= 4 is 36.4 Å². The number of amides is 1. The number of hydrogen-bond acceptors (Lipinski definition) is 4. The highest BCUT2D eigenvalue weighted by molar-refractivity contribution is 5.95. The lowest BCUT2D eigenvalue weighted by molar-refractivity contribution is -0.118. The van der Waals surface area contributed by atoms with Crippen LogP contribution in [0.3, 0.4) is 0 Å². The first kappa shape index (κ1) is 20.4. The van der Waals surface area contributed by atoms with Crippen molar-refractivity contribution in [2.75, 3.05) is 5.32 Å². The number of anilines is 1. The number of hydrogen-bond donors (Lipinski definition) is 3. The van der Waals surface area contributed by atoms with Crippen molar-refractivity contribution < 1.29 is 4.79 Å². The topological polar surface area (TPSA) is 94.0 Å². The Morgan fingerprint density at radius 3 is 2.63 bits per heavy atom. The summed E-state index contributed by atoms with van der Waals surface area (Å²) in [7, 11) is 0. The van der Waals surface area contributed by atoms with Gasteiger partial charge in [-0.1, -0.05) is 20.3 Å². The second-order valence-electron chi connectivity index (χ2n) is 4.10. The number of nitrogens with two attached hydrogens (primary N) is 2. The van der Waals surface area contributed by atoms with Gasteiger partial charge in [-0.2, -0.15) is 0 Å². The van der Waals surface area contributed by atoms with Crippen LogP contribution in [0.1, 0.15) is 26.0 Å². The highest BCUT2D eigenvalue weighted by atomic mass is 35.5. The van der Waals surface area contributed by atoms with E-state index in [1.165, 1.54) is 0 Å². The number of halogens is 2. The fraction of sp³-hybridized carbons (Fsp3) is 0.500. The summed E-state index contributed by atoms with van der Waals surface area (Å²) in [6.45, 7) is 4.25. The van der Waals surface area contributed by atoms with Gasteiger partial charge in [-0.15, -0.1) is 24.8 Å². The van der Waals surface area contributed by atoms with Crippen LogP contribution in [0.25, 0.3) is 0 Å². The Morgan fingerprint density at radius 1 is 1.47 bits per heavy atom. The van der Waals surface area contributed by atoms with Gasteiger partial charge < -0.3 is 16.8 Å². The normalized spacial score (nSPS) is 12.6. The summed E-state index contributed by atoms with van der Waals surface area (Å²) in [5.41, 5.74) is 12.7. The largest absolute Gasteiger partial charge is 0.325 e. The number of pyridine rings is 1. The fourth-order valence-electron chi connectivity index (χ4n) is 1.44. The second kappa shape index (κ2) is 9.97. The van der Waals surface area contributed by atoms with E-state index in [1.54, 1.807) is 18.3 Å². The summed E-state index contributed by atoms with van der Waals surface area (Å²) in [6.07, 6.45) is 2.51. The highest BCUT2D eigenvalue weighted by Gasteiger charge is 2.20. The first-order valence-corrected chi connectivity index (χ1v) is 5.80. The van der Waals surface area contributed by atoms with Gasteiger partial charge in [0.1, 0.15) is 0 Å². The minimum Gasteiger partial charge on any atom is -0.325 e. The van der Waals surface area contributed by atoms with E-state index in [4.69, 9.17) is 11.5 Å². The molecule has 1 heterocycles. The van der Waals surface area contributed by atoms with Crippen molar-refractivity contribution in [2.24, 2.45) is 17.4 Å². The number of nitrogens with zero attached hydrogens (tertiary/aromatic N) is 1. The third-order valence-corrected chi connectivity index (χ3v) is 2.90. The molecule has 19 heavy (non-hydrogen) atoms. The lowest BCUT2D eigenvalue weighted by Gasteiger charge is -2.18. The summed E-state index contributed by atoms with van der Waals surface area (Å²) in [5, 5.41) is 2.77. The third-order valence-electron chi connectivity index (χ3n) is 2.90. The van der Waals surface area contributed by atoms with Crippen molar-refractivity contribution in [1.82, 2.24) is 4.98 Å². The summed E-state index contributed by atoms with van der Waals surface area (Å²) < 4.78 is 0. The monoisotopic (exact) mass is 308 g/mol. The molecule has 0 fully saturated rings. The van der Waals surface area contributed by atoms with E-state index < -0.39 is 6.04 Å². The zero-order valence-electron chi connectivity index (χ0n) is 11.1. The lowest BCUT2D eigenvalue weighted by Crippen LogP contribution is -2.40. The van der Waals surface area contributed by atoms with Gasteiger partial charge in [0, 0.05) is 12.7 Å². The molecule has 1 aromatic heterocycles. The molecule has 1 aromatic rings. The van der Waals surface area contributed by atoms with E-state index in [2.05, 4.69) is 10.3 Å². The van der Waals surface area contributed by atoms with Crippen LogP contribution in [-0.2, 0) is 11.3 Å². The number of carbonyl (C=O) groups excluding carboxylic acids is 1. The maximum absolute atomic E-state index is 11.9. The molecule has 1 rings (SSSR count). The van der Waals surface area contributed by atoms with E-state index in [9.17, 15) is 4.79 Å². The Balaban J connectivity index is 0. The Morgan fingerprint density at radius 2 is 2.11 bits per heavy atom. The van der Waals surface area contributed by atoms with E-state index in [0.717, 1.165) is 6.42 Å². The van der Waals surface area contributed by atoms with Crippen molar-refractivity contribution in [3.8, 4) is 0 Å². The van der Waals surface area contributed by atoms with Gasteiger partial charge in [0.2, 0.25) is 5.91 Å². The van der Waals surface area contributed by atoms with Gasteiger partial charge in [0.15, 0.2) is 0 Å². The van der Waals surface area contributed by atoms with Crippen molar-refractivity contribution in [2.45, 2.75) is 32.9 Å². The summed E-state index contributed by atoms with van der Waals surface area (Å²) in [6, 6.07) is 3.02. The Kier molecular flexibility index (Phi) is 10.7. The van der Waals surface area contributed by atoms with Crippen LogP contribution in [0.5, 0.6) is 0 Å². The molecule has 1 amide bonds. The maximum atomic E-state index is 11.9. The Labute approximate surface area is 126 Å². The first-order valence-electron chi connectivity index (χ1n) is 5.80. The smallest absolute Gasteiger partial charge is 0.241 e. The average Bonchev–Trinajstić information content (AvgIpc) is 2.37. The van der Waals surface area contributed by atoms with E-state index in [1.807, 2.05) is 13.8 Å². The number of carbonyl (C=O) groups is 1. The predicted octanol–water partition coefficient (Wildman–Crippen LogP) is 1.70. The average molecular weight is 309 g/mol. The molecule has 0 saturated heterocycles. The van der Waals surface area contributed by atoms with E-state index >= 15 is 0 Å².